The zero-order valence-corrected chi connectivity index (χ0v) is 10.2. The van der Waals surface area contributed by atoms with E-state index in [1.54, 1.807) is 6.07 Å². The third-order valence-electron chi connectivity index (χ3n) is 3.11. The highest BCUT2D eigenvalue weighted by Crippen LogP contribution is 2.22. The summed E-state index contributed by atoms with van der Waals surface area (Å²) in [6.07, 6.45) is 1.21. The van der Waals surface area contributed by atoms with Gasteiger partial charge >= 0.3 is 0 Å². The molecule has 0 N–H and O–H groups in total. The summed E-state index contributed by atoms with van der Waals surface area (Å²) in [5.74, 6) is 2.47. The van der Waals surface area contributed by atoms with E-state index in [2.05, 4.69) is 13.8 Å². The maximum Gasteiger partial charge on any atom is 0.289 e. The summed E-state index contributed by atoms with van der Waals surface area (Å²) in [4.78, 5) is 14.1. The summed E-state index contributed by atoms with van der Waals surface area (Å²) in [7, 11) is 0. The zero-order valence-electron chi connectivity index (χ0n) is 10.2. The molecule has 2 rings (SSSR count). The average molecular weight is 221 g/mol. The lowest BCUT2D eigenvalue weighted by atomic mass is 9.92. The molecule has 0 radical (unpaired) electrons. The molecule has 0 saturated carbocycles. The number of aryl methyl sites for hydroxylation is 1. The van der Waals surface area contributed by atoms with Crippen molar-refractivity contribution in [3.05, 3.63) is 23.7 Å². The van der Waals surface area contributed by atoms with Gasteiger partial charge in [0.2, 0.25) is 0 Å². The summed E-state index contributed by atoms with van der Waals surface area (Å²) >= 11 is 0. The van der Waals surface area contributed by atoms with E-state index in [1.807, 2.05) is 17.9 Å². The lowest BCUT2D eigenvalue weighted by molar-refractivity contribution is 0.0590. The van der Waals surface area contributed by atoms with Crippen LogP contribution in [0.25, 0.3) is 0 Å². The van der Waals surface area contributed by atoms with Crippen LogP contribution in [-0.2, 0) is 0 Å². The third-order valence-corrected chi connectivity index (χ3v) is 3.11. The van der Waals surface area contributed by atoms with Crippen LogP contribution in [-0.4, -0.2) is 23.9 Å². The SMILES string of the molecule is Cc1ccc(C(=O)N2C[C@@H](C)C[C@H](C)C2)o1. The molecule has 0 aliphatic carbocycles. The number of carbonyl (C=O) groups is 1. The standard InChI is InChI=1S/C13H19NO2/c1-9-6-10(2)8-14(7-9)13(15)12-5-4-11(3)16-12/h4-5,9-10H,6-8H2,1-3H3/t9-,10-/m0/s1. The second-order valence-corrected chi connectivity index (χ2v) is 5.07. The predicted molar refractivity (Wildman–Crippen MR) is 62.3 cm³/mol. The first-order valence-electron chi connectivity index (χ1n) is 5.92. The van der Waals surface area contributed by atoms with Crippen molar-refractivity contribution in [3.63, 3.8) is 0 Å². The second-order valence-electron chi connectivity index (χ2n) is 5.07. The maximum atomic E-state index is 12.1. The van der Waals surface area contributed by atoms with Crippen molar-refractivity contribution >= 4 is 5.91 Å². The fourth-order valence-electron chi connectivity index (χ4n) is 2.53. The van der Waals surface area contributed by atoms with Crippen molar-refractivity contribution in [3.8, 4) is 0 Å². The Morgan fingerprint density at radius 2 is 1.94 bits per heavy atom. The molecular formula is C13H19NO2. The van der Waals surface area contributed by atoms with Crippen molar-refractivity contribution in [2.45, 2.75) is 27.2 Å². The Balaban J connectivity index is 2.09. The Labute approximate surface area is 96.4 Å². The van der Waals surface area contributed by atoms with Crippen LogP contribution < -0.4 is 0 Å². The van der Waals surface area contributed by atoms with Crippen LogP contribution in [0.4, 0.5) is 0 Å². The molecule has 0 spiro atoms. The Bertz CT molecular complexity index is 373. The van der Waals surface area contributed by atoms with Crippen LogP contribution in [0, 0.1) is 18.8 Å². The molecule has 1 fully saturated rings. The number of nitrogens with zero attached hydrogens (tertiary/aromatic N) is 1. The predicted octanol–water partition coefficient (Wildman–Crippen LogP) is 2.71. The fraction of sp³-hybridized carbons (Fsp3) is 0.615. The largest absolute Gasteiger partial charge is 0.456 e. The number of carbonyl (C=O) groups excluding carboxylic acids is 1. The molecule has 16 heavy (non-hydrogen) atoms. The highest BCUT2D eigenvalue weighted by Gasteiger charge is 2.27. The molecule has 3 heteroatoms. The highest BCUT2D eigenvalue weighted by molar-refractivity contribution is 5.91. The van der Waals surface area contributed by atoms with Crippen LogP contribution in [0.15, 0.2) is 16.5 Å². The first-order chi connectivity index (χ1) is 7.56. The van der Waals surface area contributed by atoms with Crippen molar-refractivity contribution in [1.82, 2.24) is 4.90 Å². The van der Waals surface area contributed by atoms with Crippen LogP contribution in [0.2, 0.25) is 0 Å². The van der Waals surface area contributed by atoms with Crippen LogP contribution in [0.5, 0.6) is 0 Å². The highest BCUT2D eigenvalue weighted by atomic mass is 16.3. The van der Waals surface area contributed by atoms with E-state index in [1.165, 1.54) is 6.42 Å². The van der Waals surface area contributed by atoms with Gasteiger partial charge in [-0.25, -0.2) is 0 Å². The normalized spacial score (nSPS) is 25.8. The molecule has 88 valence electrons. The molecule has 1 saturated heterocycles. The topological polar surface area (TPSA) is 33.5 Å². The number of furan rings is 1. The number of likely N-dealkylation sites (tertiary alicyclic amines) is 1. The van der Waals surface area contributed by atoms with Crippen molar-refractivity contribution in [2.24, 2.45) is 11.8 Å². The van der Waals surface area contributed by atoms with Crippen LogP contribution >= 0.6 is 0 Å². The van der Waals surface area contributed by atoms with Crippen LogP contribution in [0.1, 0.15) is 36.6 Å². The Kier molecular flexibility index (Phi) is 3.03. The lowest BCUT2D eigenvalue weighted by Crippen LogP contribution is -2.42. The molecule has 1 aliphatic rings. The van der Waals surface area contributed by atoms with Gasteiger partial charge < -0.3 is 9.32 Å². The van der Waals surface area contributed by atoms with E-state index >= 15 is 0 Å². The van der Waals surface area contributed by atoms with E-state index in [4.69, 9.17) is 4.42 Å². The van der Waals surface area contributed by atoms with Gasteiger partial charge in [0, 0.05) is 13.1 Å². The van der Waals surface area contributed by atoms with E-state index < -0.39 is 0 Å². The van der Waals surface area contributed by atoms with Crippen molar-refractivity contribution in [1.29, 1.82) is 0 Å². The molecule has 2 atom stereocenters. The van der Waals surface area contributed by atoms with Crippen LogP contribution in [0.3, 0.4) is 0 Å². The minimum absolute atomic E-state index is 0.0338. The molecule has 2 heterocycles. The van der Waals surface area contributed by atoms with Crippen molar-refractivity contribution in [2.75, 3.05) is 13.1 Å². The Morgan fingerprint density at radius 1 is 1.31 bits per heavy atom. The monoisotopic (exact) mass is 221 g/mol. The summed E-state index contributed by atoms with van der Waals surface area (Å²) in [6, 6.07) is 3.60. The third kappa shape index (κ3) is 2.29. The minimum atomic E-state index is 0.0338. The van der Waals surface area contributed by atoms with E-state index in [0.29, 0.717) is 17.6 Å². The molecule has 1 aliphatic heterocycles. The summed E-state index contributed by atoms with van der Waals surface area (Å²) in [6.45, 7) is 7.96. The molecule has 3 nitrogen and oxygen atoms in total. The Morgan fingerprint density at radius 3 is 2.44 bits per heavy atom. The number of amides is 1. The molecule has 1 aromatic rings. The van der Waals surface area contributed by atoms with Crippen molar-refractivity contribution < 1.29 is 9.21 Å². The molecule has 0 aromatic carbocycles. The minimum Gasteiger partial charge on any atom is -0.456 e. The molecule has 1 aromatic heterocycles. The zero-order chi connectivity index (χ0) is 11.7. The van der Waals surface area contributed by atoms with Gasteiger partial charge in [-0.3, -0.25) is 4.79 Å². The molecule has 0 unspecified atom stereocenters. The van der Waals surface area contributed by atoms with E-state index in [9.17, 15) is 4.79 Å². The van der Waals surface area contributed by atoms with Gasteiger partial charge in [-0.1, -0.05) is 13.8 Å². The summed E-state index contributed by atoms with van der Waals surface area (Å²) < 4.78 is 5.38. The Hall–Kier alpha value is -1.25. The van der Waals surface area contributed by atoms with Gasteiger partial charge in [-0.15, -0.1) is 0 Å². The summed E-state index contributed by atoms with van der Waals surface area (Å²) in [5, 5.41) is 0. The van der Waals surface area contributed by atoms with Gasteiger partial charge in [0.15, 0.2) is 5.76 Å². The smallest absolute Gasteiger partial charge is 0.289 e. The fourth-order valence-corrected chi connectivity index (χ4v) is 2.53. The van der Waals surface area contributed by atoms with Gasteiger partial charge in [0.05, 0.1) is 0 Å². The van der Waals surface area contributed by atoms with Gasteiger partial charge in [0.25, 0.3) is 5.91 Å². The number of hydrogen-bond donors (Lipinski definition) is 0. The molecule has 1 amide bonds. The first-order valence-corrected chi connectivity index (χ1v) is 5.92. The lowest BCUT2D eigenvalue weighted by Gasteiger charge is -2.34. The van der Waals surface area contributed by atoms with Gasteiger partial charge in [0.1, 0.15) is 5.76 Å². The first kappa shape index (κ1) is 11.2. The number of piperidine rings is 1. The van der Waals surface area contributed by atoms with E-state index in [0.717, 1.165) is 18.8 Å². The molecular weight excluding hydrogens is 202 g/mol. The second kappa shape index (κ2) is 4.32. The quantitative estimate of drug-likeness (QED) is 0.730. The van der Waals surface area contributed by atoms with Gasteiger partial charge in [-0.2, -0.15) is 0 Å². The number of rotatable bonds is 1. The van der Waals surface area contributed by atoms with E-state index in [-0.39, 0.29) is 5.91 Å². The average Bonchev–Trinajstić information content (AvgIpc) is 2.62. The molecule has 0 bridgehead atoms. The maximum absolute atomic E-state index is 12.1. The van der Waals surface area contributed by atoms with Gasteiger partial charge in [-0.05, 0) is 37.3 Å². The number of hydrogen-bond acceptors (Lipinski definition) is 2. The summed E-state index contributed by atoms with van der Waals surface area (Å²) in [5.41, 5.74) is 0.